The van der Waals surface area contributed by atoms with Crippen LogP contribution in [0.25, 0.3) is 11.0 Å². The molecule has 18 heavy (non-hydrogen) atoms. The highest BCUT2D eigenvalue weighted by Crippen LogP contribution is 2.24. The Kier molecular flexibility index (Phi) is 3.30. The minimum absolute atomic E-state index is 0.154. The SMILES string of the molecule is CCc1nc2cc(N)ccc2n1CC(C)(C)CO. The maximum Gasteiger partial charge on any atom is 0.109 e. The molecule has 0 aliphatic heterocycles. The first-order chi connectivity index (χ1) is 8.46. The van der Waals surface area contributed by atoms with Crippen molar-refractivity contribution in [3.63, 3.8) is 0 Å². The summed E-state index contributed by atoms with van der Waals surface area (Å²) in [5, 5.41) is 9.42. The molecule has 0 aliphatic rings. The summed E-state index contributed by atoms with van der Waals surface area (Å²) in [6.07, 6.45) is 0.871. The summed E-state index contributed by atoms with van der Waals surface area (Å²) in [7, 11) is 0. The third-order valence-corrected chi connectivity index (χ3v) is 3.18. The third kappa shape index (κ3) is 2.34. The number of aliphatic hydroxyl groups excluding tert-OH is 1. The number of hydrogen-bond acceptors (Lipinski definition) is 3. The number of aromatic nitrogens is 2. The molecule has 0 fully saturated rings. The van der Waals surface area contributed by atoms with Crippen LogP contribution in [0.3, 0.4) is 0 Å². The van der Waals surface area contributed by atoms with Gasteiger partial charge in [0.1, 0.15) is 5.82 Å². The fourth-order valence-corrected chi connectivity index (χ4v) is 2.12. The standard InChI is InChI=1S/C14H21N3O/c1-4-13-16-11-7-10(15)5-6-12(11)17(13)8-14(2,3)9-18/h5-7,18H,4,8-9,15H2,1-3H3. The fraction of sp³-hybridized carbons (Fsp3) is 0.500. The summed E-state index contributed by atoms with van der Waals surface area (Å²) in [4.78, 5) is 4.61. The molecule has 0 saturated carbocycles. The molecule has 2 rings (SSSR count). The average molecular weight is 247 g/mol. The highest BCUT2D eigenvalue weighted by atomic mass is 16.3. The monoisotopic (exact) mass is 247 g/mol. The molecule has 0 atom stereocenters. The number of imidazole rings is 1. The van der Waals surface area contributed by atoms with E-state index < -0.39 is 0 Å². The lowest BCUT2D eigenvalue weighted by atomic mass is 9.94. The lowest BCUT2D eigenvalue weighted by molar-refractivity contribution is 0.141. The zero-order valence-electron chi connectivity index (χ0n) is 11.3. The van der Waals surface area contributed by atoms with Gasteiger partial charge < -0.3 is 15.4 Å². The van der Waals surface area contributed by atoms with E-state index >= 15 is 0 Å². The van der Waals surface area contributed by atoms with Crippen molar-refractivity contribution in [2.45, 2.75) is 33.7 Å². The van der Waals surface area contributed by atoms with E-state index in [2.05, 4.69) is 30.3 Å². The molecule has 4 heteroatoms. The number of fused-ring (bicyclic) bond motifs is 1. The summed E-state index contributed by atoms with van der Waals surface area (Å²) < 4.78 is 2.19. The van der Waals surface area contributed by atoms with Crippen molar-refractivity contribution in [1.29, 1.82) is 0 Å². The molecule has 0 amide bonds. The highest BCUT2D eigenvalue weighted by Gasteiger charge is 2.20. The van der Waals surface area contributed by atoms with Gasteiger partial charge in [-0.2, -0.15) is 0 Å². The smallest absolute Gasteiger partial charge is 0.109 e. The van der Waals surface area contributed by atoms with E-state index in [-0.39, 0.29) is 12.0 Å². The summed E-state index contributed by atoms with van der Waals surface area (Å²) in [6, 6.07) is 5.80. The van der Waals surface area contributed by atoms with Crippen LogP contribution < -0.4 is 5.73 Å². The first-order valence-corrected chi connectivity index (χ1v) is 6.32. The summed E-state index contributed by atoms with van der Waals surface area (Å²) in [5.74, 6) is 1.04. The molecule has 3 N–H and O–H groups in total. The van der Waals surface area contributed by atoms with E-state index in [1.165, 1.54) is 0 Å². The zero-order chi connectivity index (χ0) is 13.3. The molecule has 0 spiro atoms. The van der Waals surface area contributed by atoms with Crippen molar-refractivity contribution in [1.82, 2.24) is 9.55 Å². The van der Waals surface area contributed by atoms with E-state index in [0.717, 1.165) is 35.5 Å². The Morgan fingerprint density at radius 1 is 1.39 bits per heavy atom. The predicted octanol–water partition coefficient (Wildman–Crippen LogP) is 2.20. The molecule has 0 saturated heterocycles. The molecule has 1 aromatic heterocycles. The number of hydrogen-bond donors (Lipinski definition) is 2. The number of nitrogens with zero attached hydrogens (tertiary/aromatic N) is 2. The van der Waals surface area contributed by atoms with Gasteiger partial charge in [-0.05, 0) is 18.2 Å². The number of nitrogen functional groups attached to an aromatic ring is 1. The van der Waals surface area contributed by atoms with Gasteiger partial charge in [0.2, 0.25) is 0 Å². The summed E-state index contributed by atoms with van der Waals surface area (Å²) in [5.41, 5.74) is 8.38. The van der Waals surface area contributed by atoms with Crippen LogP contribution in [0, 0.1) is 5.41 Å². The van der Waals surface area contributed by atoms with E-state index in [4.69, 9.17) is 5.73 Å². The van der Waals surface area contributed by atoms with E-state index in [0.29, 0.717) is 0 Å². The van der Waals surface area contributed by atoms with Gasteiger partial charge in [0.25, 0.3) is 0 Å². The maximum absolute atomic E-state index is 9.42. The molecular formula is C14H21N3O. The molecule has 2 aromatic rings. The first kappa shape index (κ1) is 12.9. The lowest BCUT2D eigenvalue weighted by Gasteiger charge is -2.23. The van der Waals surface area contributed by atoms with Crippen molar-refractivity contribution >= 4 is 16.7 Å². The Labute approximate surface area is 107 Å². The normalized spacial score (nSPS) is 12.2. The van der Waals surface area contributed by atoms with Crippen LogP contribution >= 0.6 is 0 Å². The largest absolute Gasteiger partial charge is 0.399 e. The number of rotatable bonds is 4. The van der Waals surface area contributed by atoms with E-state index in [9.17, 15) is 5.11 Å². The van der Waals surface area contributed by atoms with Gasteiger partial charge in [-0.25, -0.2) is 4.98 Å². The Morgan fingerprint density at radius 2 is 2.11 bits per heavy atom. The predicted molar refractivity (Wildman–Crippen MR) is 74.4 cm³/mol. The van der Waals surface area contributed by atoms with Crippen molar-refractivity contribution in [3.05, 3.63) is 24.0 Å². The molecule has 0 aliphatic carbocycles. The van der Waals surface area contributed by atoms with Crippen LogP contribution in [0.1, 0.15) is 26.6 Å². The van der Waals surface area contributed by atoms with E-state index in [1.807, 2.05) is 18.2 Å². The Bertz CT molecular complexity index is 557. The number of aryl methyl sites for hydroxylation is 1. The summed E-state index contributed by atoms with van der Waals surface area (Å²) in [6.45, 7) is 7.11. The van der Waals surface area contributed by atoms with Gasteiger partial charge in [0, 0.05) is 30.7 Å². The third-order valence-electron chi connectivity index (χ3n) is 3.18. The van der Waals surface area contributed by atoms with Gasteiger partial charge in [-0.15, -0.1) is 0 Å². The zero-order valence-corrected chi connectivity index (χ0v) is 11.3. The second-order valence-electron chi connectivity index (χ2n) is 5.54. The number of nitrogens with two attached hydrogens (primary N) is 1. The van der Waals surface area contributed by atoms with Crippen molar-refractivity contribution < 1.29 is 5.11 Å². The number of benzene rings is 1. The minimum atomic E-state index is -0.154. The number of anilines is 1. The van der Waals surface area contributed by atoms with Gasteiger partial charge in [0.15, 0.2) is 0 Å². The number of aliphatic hydroxyl groups is 1. The van der Waals surface area contributed by atoms with Crippen LogP contribution in [-0.4, -0.2) is 21.3 Å². The molecule has 98 valence electrons. The van der Waals surface area contributed by atoms with Gasteiger partial charge in [-0.3, -0.25) is 0 Å². The van der Waals surface area contributed by atoms with Crippen molar-refractivity contribution in [2.24, 2.45) is 5.41 Å². The molecule has 0 radical (unpaired) electrons. The molecular weight excluding hydrogens is 226 g/mol. The fourth-order valence-electron chi connectivity index (χ4n) is 2.12. The lowest BCUT2D eigenvalue weighted by Crippen LogP contribution is -2.24. The van der Waals surface area contributed by atoms with Crippen LogP contribution in [0.15, 0.2) is 18.2 Å². The molecule has 1 aromatic carbocycles. The average Bonchev–Trinajstić information content (AvgIpc) is 2.66. The topological polar surface area (TPSA) is 64.1 Å². The van der Waals surface area contributed by atoms with Crippen LogP contribution in [0.4, 0.5) is 5.69 Å². The molecule has 1 heterocycles. The van der Waals surface area contributed by atoms with Crippen LogP contribution in [0.5, 0.6) is 0 Å². The van der Waals surface area contributed by atoms with Gasteiger partial charge in [0.05, 0.1) is 11.0 Å². The van der Waals surface area contributed by atoms with Gasteiger partial charge >= 0.3 is 0 Å². The minimum Gasteiger partial charge on any atom is -0.399 e. The molecule has 4 nitrogen and oxygen atoms in total. The van der Waals surface area contributed by atoms with Crippen LogP contribution in [0.2, 0.25) is 0 Å². The van der Waals surface area contributed by atoms with Gasteiger partial charge in [-0.1, -0.05) is 20.8 Å². The highest BCUT2D eigenvalue weighted by molar-refractivity contribution is 5.79. The summed E-state index contributed by atoms with van der Waals surface area (Å²) >= 11 is 0. The second kappa shape index (κ2) is 4.61. The molecule has 0 unspecified atom stereocenters. The Hall–Kier alpha value is -1.55. The molecule has 0 bridgehead atoms. The van der Waals surface area contributed by atoms with E-state index in [1.54, 1.807) is 0 Å². The Morgan fingerprint density at radius 3 is 2.72 bits per heavy atom. The maximum atomic E-state index is 9.42. The van der Waals surface area contributed by atoms with Crippen molar-refractivity contribution in [3.8, 4) is 0 Å². The first-order valence-electron chi connectivity index (χ1n) is 6.32. The second-order valence-corrected chi connectivity index (χ2v) is 5.54. The Balaban J connectivity index is 2.53. The van der Waals surface area contributed by atoms with Crippen LogP contribution in [-0.2, 0) is 13.0 Å². The van der Waals surface area contributed by atoms with Crippen molar-refractivity contribution in [2.75, 3.05) is 12.3 Å². The quantitative estimate of drug-likeness (QED) is 0.814.